The SMILES string of the molecule is C[C@H](CCC(=O)O)[C@@H]1CC[C@H]2[C@H]3CC[C@H]4[C@@H](Br)C(=O)CC[C@]4(C)[C@@H]3CC[C@@]21C. The van der Waals surface area contributed by atoms with Gasteiger partial charge in [-0.3, -0.25) is 9.59 Å². The van der Waals surface area contributed by atoms with Crippen molar-refractivity contribution in [3.63, 3.8) is 0 Å². The first-order valence-electron chi connectivity index (χ1n) is 11.6. The van der Waals surface area contributed by atoms with Crippen molar-refractivity contribution in [1.82, 2.24) is 0 Å². The number of rotatable bonds is 4. The molecule has 0 aromatic rings. The van der Waals surface area contributed by atoms with Crippen LogP contribution in [0, 0.1) is 46.3 Å². The molecule has 158 valence electrons. The van der Waals surface area contributed by atoms with Crippen LogP contribution in [0.4, 0.5) is 0 Å². The molecule has 3 nitrogen and oxygen atoms in total. The zero-order chi connectivity index (χ0) is 20.3. The van der Waals surface area contributed by atoms with Gasteiger partial charge in [0.05, 0.1) is 4.83 Å². The summed E-state index contributed by atoms with van der Waals surface area (Å²) in [4.78, 5) is 23.5. The fourth-order valence-corrected chi connectivity index (χ4v) is 9.72. The maximum absolute atomic E-state index is 12.3. The Balaban J connectivity index is 1.53. The summed E-state index contributed by atoms with van der Waals surface area (Å²) >= 11 is 3.77. The van der Waals surface area contributed by atoms with Gasteiger partial charge in [0.2, 0.25) is 0 Å². The van der Waals surface area contributed by atoms with Crippen LogP contribution in [0.25, 0.3) is 0 Å². The molecule has 0 aromatic heterocycles. The summed E-state index contributed by atoms with van der Waals surface area (Å²) in [5.41, 5.74) is 0.708. The Kier molecular flexibility index (Phi) is 5.51. The molecule has 4 aliphatic carbocycles. The molecule has 0 amide bonds. The number of carboxylic acid groups (broad SMARTS) is 1. The highest BCUT2D eigenvalue weighted by Gasteiger charge is 2.61. The van der Waals surface area contributed by atoms with Gasteiger partial charge in [-0.1, -0.05) is 36.7 Å². The maximum atomic E-state index is 12.3. The quantitative estimate of drug-likeness (QED) is 0.524. The summed E-state index contributed by atoms with van der Waals surface area (Å²) < 4.78 is 0. The highest BCUT2D eigenvalue weighted by Crippen LogP contribution is 2.68. The molecular weight excluding hydrogens is 416 g/mol. The molecule has 0 aliphatic heterocycles. The Bertz CT molecular complexity index is 648. The van der Waals surface area contributed by atoms with Crippen LogP contribution >= 0.6 is 15.9 Å². The maximum Gasteiger partial charge on any atom is 0.303 e. The van der Waals surface area contributed by atoms with Gasteiger partial charge in [0, 0.05) is 12.8 Å². The number of carbonyl (C=O) groups is 2. The second-order valence-corrected chi connectivity index (χ2v) is 12.1. The third kappa shape index (κ3) is 3.11. The molecular formula is C24H37BrO3. The van der Waals surface area contributed by atoms with Gasteiger partial charge in [0.15, 0.2) is 0 Å². The van der Waals surface area contributed by atoms with E-state index in [2.05, 4.69) is 36.7 Å². The van der Waals surface area contributed by atoms with Gasteiger partial charge in [-0.25, -0.2) is 0 Å². The van der Waals surface area contributed by atoms with E-state index in [1.54, 1.807) is 0 Å². The Morgan fingerprint density at radius 1 is 1.07 bits per heavy atom. The van der Waals surface area contributed by atoms with Crippen molar-refractivity contribution < 1.29 is 14.7 Å². The van der Waals surface area contributed by atoms with Gasteiger partial charge in [-0.15, -0.1) is 0 Å². The van der Waals surface area contributed by atoms with Gasteiger partial charge >= 0.3 is 5.97 Å². The van der Waals surface area contributed by atoms with E-state index in [1.807, 2.05) is 0 Å². The first-order valence-corrected chi connectivity index (χ1v) is 12.5. The van der Waals surface area contributed by atoms with Crippen LogP contribution in [0.1, 0.15) is 85.0 Å². The monoisotopic (exact) mass is 452 g/mol. The average Bonchev–Trinajstić information content (AvgIpc) is 3.00. The number of aliphatic carboxylic acids is 1. The van der Waals surface area contributed by atoms with E-state index < -0.39 is 5.97 Å². The van der Waals surface area contributed by atoms with Crippen LogP contribution in [0.2, 0.25) is 0 Å². The molecule has 4 rings (SSSR count). The van der Waals surface area contributed by atoms with Crippen molar-refractivity contribution in [3.05, 3.63) is 0 Å². The lowest BCUT2D eigenvalue weighted by Crippen LogP contribution is -2.56. The van der Waals surface area contributed by atoms with Crippen LogP contribution in [0.5, 0.6) is 0 Å². The largest absolute Gasteiger partial charge is 0.481 e. The van der Waals surface area contributed by atoms with Gasteiger partial charge in [-0.05, 0) is 97.7 Å². The van der Waals surface area contributed by atoms with Crippen molar-refractivity contribution in [2.75, 3.05) is 0 Å². The summed E-state index contributed by atoms with van der Waals surface area (Å²) in [7, 11) is 0. The van der Waals surface area contributed by atoms with E-state index in [0.717, 1.165) is 37.0 Å². The highest BCUT2D eigenvalue weighted by molar-refractivity contribution is 9.10. The Labute approximate surface area is 178 Å². The van der Waals surface area contributed by atoms with Gasteiger partial charge in [0.25, 0.3) is 0 Å². The number of hydrogen-bond donors (Lipinski definition) is 1. The van der Waals surface area contributed by atoms with E-state index in [0.29, 0.717) is 40.8 Å². The average molecular weight is 453 g/mol. The fraction of sp³-hybridized carbons (Fsp3) is 0.917. The third-order valence-electron chi connectivity index (χ3n) is 10.1. The summed E-state index contributed by atoms with van der Waals surface area (Å²) in [6.07, 6.45) is 10.7. The molecule has 9 atom stereocenters. The Hall–Kier alpha value is -0.380. The van der Waals surface area contributed by atoms with Crippen LogP contribution in [0.15, 0.2) is 0 Å². The lowest BCUT2D eigenvalue weighted by Gasteiger charge is -2.61. The highest BCUT2D eigenvalue weighted by atomic mass is 79.9. The van der Waals surface area contributed by atoms with E-state index in [9.17, 15) is 9.59 Å². The molecule has 0 bridgehead atoms. The molecule has 4 fully saturated rings. The van der Waals surface area contributed by atoms with Gasteiger partial charge in [-0.2, -0.15) is 0 Å². The minimum Gasteiger partial charge on any atom is -0.481 e. The minimum absolute atomic E-state index is 0.0767. The first kappa shape index (κ1) is 20.9. The molecule has 0 saturated heterocycles. The normalized spacial score (nSPS) is 49.1. The predicted octanol–water partition coefficient (Wildman–Crippen LogP) is 6.09. The van der Waals surface area contributed by atoms with Crippen LogP contribution in [0.3, 0.4) is 0 Å². The van der Waals surface area contributed by atoms with E-state index in [-0.39, 0.29) is 4.83 Å². The zero-order valence-corrected chi connectivity index (χ0v) is 19.3. The lowest BCUT2D eigenvalue weighted by molar-refractivity contribution is -0.139. The molecule has 0 unspecified atom stereocenters. The lowest BCUT2D eigenvalue weighted by atomic mass is 9.44. The third-order valence-corrected chi connectivity index (χ3v) is 11.2. The number of carbonyl (C=O) groups excluding carboxylic acids is 1. The van der Waals surface area contributed by atoms with Crippen molar-refractivity contribution >= 4 is 27.7 Å². The van der Waals surface area contributed by atoms with Crippen molar-refractivity contribution in [2.24, 2.45) is 46.3 Å². The molecule has 0 aromatic carbocycles. The predicted molar refractivity (Wildman–Crippen MR) is 114 cm³/mol. The van der Waals surface area contributed by atoms with Crippen molar-refractivity contribution in [3.8, 4) is 0 Å². The van der Waals surface area contributed by atoms with E-state index in [4.69, 9.17) is 5.11 Å². The summed E-state index contributed by atoms with van der Waals surface area (Å²) in [6.45, 7) is 7.34. The molecule has 0 radical (unpaired) electrons. The van der Waals surface area contributed by atoms with Crippen LogP contribution < -0.4 is 0 Å². The van der Waals surface area contributed by atoms with Crippen molar-refractivity contribution in [2.45, 2.75) is 89.8 Å². The smallest absolute Gasteiger partial charge is 0.303 e. The molecule has 0 heterocycles. The molecule has 1 N–H and O–H groups in total. The number of hydrogen-bond acceptors (Lipinski definition) is 2. The topological polar surface area (TPSA) is 54.4 Å². The number of fused-ring (bicyclic) bond motifs is 5. The summed E-state index contributed by atoms with van der Waals surface area (Å²) in [6, 6.07) is 0. The Morgan fingerprint density at radius 2 is 1.75 bits per heavy atom. The van der Waals surface area contributed by atoms with Gasteiger partial charge in [0.1, 0.15) is 5.78 Å². The second kappa shape index (κ2) is 7.39. The Morgan fingerprint density at radius 3 is 2.46 bits per heavy atom. The number of halogens is 1. The summed E-state index contributed by atoms with van der Waals surface area (Å²) in [5, 5.41) is 9.11. The molecule has 28 heavy (non-hydrogen) atoms. The second-order valence-electron chi connectivity index (χ2n) is 11.1. The van der Waals surface area contributed by atoms with E-state index >= 15 is 0 Å². The van der Waals surface area contributed by atoms with Crippen LogP contribution in [-0.2, 0) is 9.59 Å². The van der Waals surface area contributed by atoms with E-state index in [1.165, 1.54) is 38.5 Å². The summed E-state index contributed by atoms with van der Waals surface area (Å²) in [5.74, 6) is 3.86. The number of Topliss-reactive ketones (excluding diaryl/α,β-unsaturated/α-hetero) is 1. The first-order chi connectivity index (χ1) is 13.2. The molecule has 0 spiro atoms. The van der Waals surface area contributed by atoms with Gasteiger partial charge < -0.3 is 5.11 Å². The van der Waals surface area contributed by atoms with Crippen LogP contribution in [-0.4, -0.2) is 21.7 Å². The number of alkyl halides is 1. The minimum atomic E-state index is -0.655. The fourth-order valence-electron chi connectivity index (χ4n) is 8.62. The standard InChI is InChI=1S/C24H37BrO3/c1-14(4-9-21(27)28)16-7-8-17-15-5-6-19-22(25)20(26)11-13-24(19,3)18(15)10-12-23(16,17)2/h14-19,22H,4-13H2,1-3H3,(H,27,28)/t14-,15-,16+,17+,18-,19+,22-,23-,24-/m1/s1. The molecule has 4 heteroatoms. The zero-order valence-electron chi connectivity index (χ0n) is 17.8. The number of carboxylic acids is 1. The number of ketones is 1. The van der Waals surface area contributed by atoms with Crippen molar-refractivity contribution in [1.29, 1.82) is 0 Å². The molecule has 4 saturated carbocycles. The molecule has 4 aliphatic rings.